The SMILES string of the molecule is Cc1cc(C(=O)N(C)c2ccc(F)cc2)cc(NN)n1. The average Bonchev–Trinajstić information content (AvgIpc) is 2.45. The molecular weight excluding hydrogens is 259 g/mol. The van der Waals surface area contributed by atoms with Crippen LogP contribution >= 0.6 is 0 Å². The molecule has 0 fully saturated rings. The molecule has 0 radical (unpaired) electrons. The van der Waals surface area contributed by atoms with Crippen LogP contribution in [0.15, 0.2) is 36.4 Å². The lowest BCUT2D eigenvalue weighted by atomic mass is 10.2. The molecule has 3 N–H and O–H groups in total. The highest BCUT2D eigenvalue weighted by Crippen LogP contribution is 2.17. The molecule has 0 saturated carbocycles. The second-order valence-corrected chi connectivity index (χ2v) is 4.37. The van der Waals surface area contributed by atoms with Crippen LogP contribution in [-0.4, -0.2) is 17.9 Å². The van der Waals surface area contributed by atoms with Crippen LogP contribution in [0.1, 0.15) is 16.1 Å². The summed E-state index contributed by atoms with van der Waals surface area (Å²) < 4.78 is 12.9. The average molecular weight is 274 g/mol. The predicted molar refractivity (Wildman–Crippen MR) is 75.9 cm³/mol. The molecule has 2 rings (SSSR count). The summed E-state index contributed by atoms with van der Waals surface area (Å²) in [5.74, 6) is 5.16. The second kappa shape index (κ2) is 5.66. The third-order valence-electron chi connectivity index (χ3n) is 2.87. The number of aryl methyl sites for hydroxylation is 1. The fraction of sp³-hybridized carbons (Fsp3) is 0.143. The van der Waals surface area contributed by atoms with Gasteiger partial charge in [0.05, 0.1) is 0 Å². The zero-order valence-electron chi connectivity index (χ0n) is 11.2. The van der Waals surface area contributed by atoms with Gasteiger partial charge in [0.25, 0.3) is 5.91 Å². The summed E-state index contributed by atoms with van der Waals surface area (Å²) in [6.45, 7) is 1.77. The van der Waals surface area contributed by atoms with Gasteiger partial charge in [0.1, 0.15) is 11.6 Å². The summed E-state index contributed by atoms with van der Waals surface area (Å²) in [4.78, 5) is 17.9. The minimum atomic E-state index is -0.344. The number of nitrogen functional groups attached to an aromatic ring is 1. The number of hydrogen-bond acceptors (Lipinski definition) is 4. The highest BCUT2D eigenvalue weighted by molar-refractivity contribution is 6.06. The molecule has 0 aliphatic carbocycles. The minimum absolute atomic E-state index is 0.224. The largest absolute Gasteiger partial charge is 0.311 e. The molecule has 0 unspecified atom stereocenters. The molecule has 20 heavy (non-hydrogen) atoms. The molecule has 5 nitrogen and oxygen atoms in total. The molecule has 0 aliphatic rings. The van der Waals surface area contributed by atoms with Gasteiger partial charge < -0.3 is 10.3 Å². The number of benzene rings is 1. The number of hydrazine groups is 1. The highest BCUT2D eigenvalue weighted by Gasteiger charge is 2.15. The van der Waals surface area contributed by atoms with E-state index in [-0.39, 0.29) is 11.7 Å². The summed E-state index contributed by atoms with van der Waals surface area (Å²) in [6, 6.07) is 8.94. The van der Waals surface area contributed by atoms with Gasteiger partial charge in [-0.25, -0.2) is 15.2 Å². The monoisotopic (exact) mass is 274 g/mol. The molecule has 1 amide bonds. The van der Waals surface area contributed by atoms with Gasteiger partial charge in [-0.05, 0) is 43.3 Å². The van der Waals surface area contributed by atoms with Crippen molar-refractivity contribution in [3.63, 3.8) is 0 Å². The number of amides is 1. The number of rotatable bonds is 3. The van der Waals surface area contributed by atoms with Crippen LogP contribution in [0.2, 0.25) is 0 Å². The van der Waals surface area contributed by atoms with Gasteiger partial charge in [0.15, 0.2) is 0 Å². The predicted octanol–water partition coefficient (Wildman–Crippen LogP) is 2.09. The smallest absolute Gasteiger partial charge is 0.258 e. The molecule has 1 aromatic carbocycles. The summed E-state index contributed by atoms with van der Waals surface area (Å²) in [5, 5.41) is 0. The Morgan fingerprint density at radius 3 is 2.55 bits per heavy atom. The van der Waals surface area contributed by atoms with Gasteiger partial charge in [0, 0.05) is 24.0 Å². The van der Waals surface area contributed by atoms with Crippen molar-refractivity contribution in [2.45, 2.75) is 6.92 Å². The number of anilines is 2. The van der Waals surface area contributed by atoms with Crippen molar-refractivity contribution in [2.75, 3.05) is 17.4 Å². The van der Waals surface area contributed by atoms with Crippen molar-refractivity contribution in [2.24, 2.45) is 5.84 Å². The molecular formula is C14H15FN4O. The normalized spacial score (nSPS) is 10.2. The molecule has 0 saturated heterocycles. The quantitative estimate of drug-likeness (QED) is 0.664. The lowest BCUT2D eigenvalue weighted by molar-refractivity contribution is 0.0993. The maximum atomic E-state index is 12.9. The van der Waals surface area contributed by atoms with Crippen LogP contribution in [-0.2, 0) is 0 Å². The zero-order chi connectivity index (χ0) is 14.7. The Kier molecular flexibility index (Phi) is 3.95. The molecule has 6 heteroatoms. The standard InChI is InChI=1S/C14H15FN4O/c1-9-7-10(8-13(17-9)18-16)14(20)19(2)12-5-3-11(15)4-6-12/h3-8H,16H2,1-2H3,(H,17,18). The van der Waals surface area contributed by atoms with Gasteiger partial charge in [0.2, 0.25) is 0 Å². The maximum absolute atomic E-state index is 12.9. The topological polar surface area (TPSA) is 71.2 Å². The van der Waals surface area contributed by atoms with Gasteiger partial charge >= 0.3 is 0 Å². The number of carbonyl (C=O) groups excluding carboxylic acids is 1. The summed E-state index contributed by atoms with van der Waals surface area (Å²) in [7, 11) is 1.63. The summed E-state index contributed by atoms with van der Waals surface area (Å²) in [6.07, 6.45) is 0. The lowest BCUT2D eigenvalue weighted by Crippen LogP contribution is -2.26. The van der Waals surface area contributed by atoms with E-state index in [0.717, 1.165) is 0 Å². The Hall–Kier alpha value is -2.47. The molecule has 0 aliphatic heterocycles. The van der Waals surface area contributed by atoms with Crippen LogP contribution in [0.25, 0.3) is 0 Å². The third kappa shape index (κ3) is 2.92. The van der Waals surface area contributed by atoms with E-state index in [1.807, 2.05) is 0 Å². The Balaban J connectivity index is 2.30. The Morgan fingerprint density at radius 2 is 1.95 bits per heavy atom. The Bertz CT molecular complexity index is 628. The van der Waals surface area contributed by atoms with Gasteiger partial charge in [-0.15, -0.1) is 0 Å². The van der Waals surface area contributed by atoms with E-state index >= 15 is 0 Å². The molecule has 1 heterocycles. The maximum Gasteiger partial charge on any atom is 0.258 e. The Labute approximate surface area is 116 Å². The van der Waals surface area contributed by atoms with Gasteiger partial charge in [-0.3, -0.25) is 4.79 Å². The van der Waals surface area contributed by atoms with Crippen LogP contribution < -0.4 is 16.2 Å². The first-order valence-corrected chi connectivity index (χ1v) is 6.00. The number of halogens is 1. The van der Waals surface area contributed by atoms with Crippen LogP contribution in [0.4, 0.5) is 15.9 Å². The van der Waals surface area contributed by atoms with Crippen LogP contribution in [0.5, 0.6) is 0 Å². The third-order valence-corrected chi connectivity index (χ3v) is 2.87. The van der Waals surface area contributed by atoms with Crippen molar-refractivity contribution in [1.29, 1.82) is 0 Å². The first-order chi connectivity index (χ1) is 9.51. The Morgan fingerprint density at radius 1 is 1.30 bits per heavy atom. The van der Waals surface area contributed by atoms with Crippen molar-refractivity contribution < 1.29 is 9.18 Å². The van der Waals surface area contributed by atoms with E-state index in [1.54, 1.807) is 38.2 Å². The van der Waals surface area contributed by atoms with Crippen LogP contribution in [0, 0.1) is 12.7 Å². The summed E-state index contributed by atoms with van der Waals surface area (Å²) >= 11 is 0. The number of nitrogens with two attached hydrogens (primary N) is 1. The first-order valence-electron chi connectivity index (χ1n) is 6.00. The molecule has 0 bridgehead atoms. The molecule has 2 aromatic rings. The number of nitrogens with one attached hydrogen (secondary N) is 1. The van der Waals surface area contributed by atoms with Crippen molar-refractivity contribution in [3.05, 3.63) is 53.5 Å². The van der Waals surface area contributed by atoms with E-state index in [9.17, 15) is 9.18 Å². The highest BCUT2D eigenvalue weighted by atomic mass is 19.1. The van der Waals surface area contributed by atoms with Crippen LogP contribution in [0.3, 0.4) is 0 Å². The first kappa shape index (κ1) is 14.0. The van der Waals surface area contributed by atoms with E-state index in [2.05, 4.69) is 10.4 Å². The number of carbonyl (C=O) groups is 1. The minimum Gasteiger partial charge on any atom is -0.311 e. The fourth-order valence-corrected chi connectivity index (χ4v) is 1.84. The number of pyridine rings is 1. The van der Waals surface area contributed by atoms with Gasteiger partial charge in [-0.2, -0.15) is 0 Å². The van der Waals surface area contributed by atoms with E-state index < -0.39 is 0 Å². The molecule has 0 atom stereocenters. The van der Waals surface area contributed by atoms with E-state index in [1.165, 1.54) is 17.0 Å². The van der Waals surface area contributed by atoms with Crippen molar-refractivity contribution in [1.82, 2.24) is 4.98 Å². The lowest BCUT2D eigenvalue weighted by Gasteiger charge is -2.18. The second-order valence-electron chi connectivity index (χ2n) is 4.37. The number of hydrogen-bond donors (Lipinski definition) is 2. The van der Waals surface area contributed by atoms with Gasteiger partial charge in [-0.1, -0.05) is 0 Å². The number of nitrogens with zero attached hydrogens (tertiary/aromatic N) is 2. The fourth-order valence-electron chi connectivity index (χ4n) is 1.84. The van der Waals surface area contributed by atoms with Crippen molar-refractivity contribution >= 4 is 17.4 Å². The van der Waals surface area contributed by atoms with E-state index in [0.29, 0.717) is 22.8 Å². The molecule has 104 valence electrons. The zero-order valence-corrected chi connectivity index (χ0v) is 11.2. The molecule has 0 spiro atoms. The van der Waals surface area contributed by atoms with Crippen molar-refractivity contribution in [3.8, 4) is 0 Å². The molecule has 1 aromatic heterocycles. The number of aromatic nitrogens is 1. The van der Waals surface area contributed by atoms with E-state index in [4.69, 9.17) is 5.84 Å². The summed E-state index contributed by atoms with van der Waals surface area (Å²) in [5.41, 5.74) is 4.16.